The predicted octanol–water partition coefficient (Wildman–Crippen LogP) is 1.27. The fourth-order valence-corrected chi connectivity index (χ4v) is 4.03. The number of hydrogen-bond acceptors (Lipinski definition) is 4. The zero-order valence-corrected chi connectivity index (χ0v) is 13.1. The van der Waals surface area contributed by atoms with Crippen LogP contribution in [0.4, 0.5) is 0 Å². The third kappa shape index (κ3) is 3.35. The fraction of sp³-hybridized carbons (Fsp3) is 1.00. The summed E-state index contributed by atoms with van der Waals surface area (Å²) >= 11 is 0. The fourth-order valence-electron chi connectivity index (χ4n) is 4.03. The molecule has 0 heterocycles. The highest BCUT2D eigenvalue weighted by Crippen LogP contribution is 2.38. The van der Waals surface area contributed by atoms with Crippen LogP contribution in [-0.4, -0.2) is 48.6 Å². The van der Waals surface area contributed by atoms with E-state index in [1.54, 1.807) is 0 Å². The summed E-state index contributed by atoms with van der Waals surface area (Å²) in [4.78, 5) is 0. The first-order valence-electron chi connectivity index (χ1n) is 8.22. The number of aliphatic hydroxyl groups is 2. The van der Waals surface area contributed by atoms with E-state index in [4.69, 9.17) is 0 Å². The minimum Gasteiger partial charge on any atom is -0.396 e. The zero-order valence-electron chi connectivity index (χ0n) is 13.1. The molecule has 0 saturated heterocycles. The van der Waals surface area contributed by atoms with Gasteiger partial charge in [-0.3, -0.25) is 0 Å². The highest BCUT2D eigenvalue weighted by atomic mass is 16.3. The smallest absolute Gasteiger partial charge is 0.0499 e. The van der Waals surface area contributed by atoms with Gasteiger partial charge in [0, 0.05) is 49.2 Å². The molecule has 4 heteroatoms. The van der Waals surface area contributed by atoms with Gasteiger partial charge in [0.2, 0.25) is 0 Å². The molecule has 2 rings (SSSR count). The van der Waals surface area contributed by atoms with Gasteiger partial charge in [-0.05, 0) is 25.7 Å². The van der Waals surface area contributed by atoms with E-state index >= 15 is 0 Å². The summed E-state index contributed by atoms with van der Waals surface area (Å²) < 4.78 is 0. The van der Waals surface area contributed by atoms with Gasteiger partial charge in [0.05, 0.1) is 0 Å². The second-order valence-corrected chi connectivity index (χ2v) is 7.42. The van der Waals surface area contributed by atoms with Gasteiger partial charge in [-0.25, -0.2) is 0 Å². The summed E-state index contributed by atoms with van der Waals surface area (Å²) in [6, 6.07) is 0.893. The highest BCUT2D eigenvalue weighted by Gasteiger charge is 2.39. The van der Waals surface area contributed by atoms with E-state index in [0.717, 1.165) is 25.9 Å². The minimum absolute atomic E-state index is 0.0625. The van der Waals surface area contributed by atoms with Gasteiger partial charge in [0.15, 0.2) is 0 Å². The van der Waals surface area contributed by atoms with E-state index < -0.39 is 0 Å². The largest absolute Gasteiger partial charge is 0.396 e. The van der Waals surface area contributed by atoms with Crippen LogP contribution in [-0.2, 0) is 0 Å². The summed E-state index contributed by atoms with van der Waals surface area (Å²) in [6.45, 7) is 6.82. The Hall–Kier alpha value is -0.160. The molecular formula is C16H32N2O2. The van der Waals surface area contributed by atoms with Gasteiger partial charge in [-0.2, -0.15) is 0 Å². The number of hydrogen-bond donors (Lipinski definition) is 4. The molecule has 118 valence electrons. The molecule has 0 aliphatic heterocycles. The van der Waals surface area contributed by atoms with Gasteiger partial charge in [0.25, 0.3) is 0 Å². The van der Waals surface area contributed by atoms with Gasteiger partial charge in [-0.15, -0.1) is 0 Å². The van der Waals surface area contributed by atoms with Crippen LogP contribution in [0.5, 0.6) is 0 Å². The predicted molar refractivity (Wildman–Crippen MR) is 81.7 cm³/mol. The number of rotatable bonds is 7. The normalized spacial score (nSPS) is 41.4. The maximum absolute atomic E-state index is 9.54. The van der Waals surface area contributed by atoms with Crippen molar-refractivity contribution < 1.29 is 10.2 Å². The van der Waals surface area contributed by atoms with E-state index in [1.165, 1.54) is 25.7 Å². The van der Waals surface area contributed by atoms with E-state index in [1.807, 2.05) is 0 Å². The minimum atomic E-state index is 0.0625. The first-order chi connectivity index (χ1) is 9.54. The van der Waals surface area contributed by atoms with Crippen molar-refractivity contribution in [3.05, 3.63) is 0 Å². The van der Waals surface area contributed by atoms with Crippen molar-refractivity contribution in [1.82, 2.24) is 10.6 Å². The molecule has 0 unspecified atom stereocenters. The quantitative estimate of drug-likeness (QED) is 0.532. The Balaban J connectivity index is 1.69. The van der Waals surface area contributed by atoms with Crippen LogP contribution in [0.3, 0.4) is 0 Å². The van der Waals surface area contributed by atoms with Crippen molar-refractivity contribution in [2.45, 2.75) is 64.5 Å². The first kappa shape index (κ1) is 16.2. The Morgan fingerprint density at radius 2 is 1.25 bits per heavy atom. The summed E-state index contributed by atoms with van der Waals surface area (Å²) in [5.74, 6) is 0. The van der Waals surface area contributed by atoms with Gasteiger partial charge in [-0.1, -0.05) is 26.7 Å². The van der Waals surface area contributed by atoms with Gasteiger partial charge in [0.1, 0.15) is 0 Å². The Morgan fingerprint density at radius 1 is 0.850 bits per heavy atom. The monoisotopic (exact) mass is 284 g/mol. The lowest BCUT2D eigenvalue weighted by Gasteiger charge is -2.32. The van der Waals surface area contributed by atoms with E-state index in [2.05, 4.69) is 24.5 Å². The average Bonchev–Trinajstić information content (AvgIpc) is 3.00. The van der Waals surface area contributed by atoms with Crippen LogP contribution >= 0.6 is 0 Å². The molecule has 0 bridgehead atoms. The first-order valence-corrected chi connectivity index (χ1v) is 8.22. The summed E-state index contributed by atoms with van der Waals surface area (Å²) in [5.41, 5.74) is 0.125. The van der Waals surface area contributed by atoms with Crippen LogP contribution in [0.2, 0.25) is 0 Å². The molecule has 2 saturated carbocycles. The summed E-state index contributed by atoms with van der Waals surface area (Å²) in [5, 5.41) is 26.3. The van der Waals surface area contributed by atoms with Crippen molar-refractivity contribution >= 4 is 0 Å². The van der Waals surface area contributed by atoms with E-state index in [0.29, 0.717) is 12.1 Å². The maximum atomic E-state index is 9.54. The molecule has 4 atom stereocenters. The van der Waals surface area contributed by atoms with Crippen molar-refractivity contribution in [1.29, 1.82) is 0 Å². The Morgan fingerprint density at radius 3 is 1.60 bits per heavy atom. The maximum Gasteiger partial charge on any atom is 0.0499 e. The summed E-state index contributed by atoms with van der Waals surface area (Å²) in [6.07, 6.45) is 7.03. The second-order valence-electron chi connectivity index (χ2n) is 7.42. The van der Waals surface area contributed by atoms with Crippen LogP contribution in [0.1, 0.15) is 52.4 Å². The lowest BCUT2D eigenvalue weighted by Crippen LogP contribution is -2.47. The number of nitrogens with one attached hydrogen (secondary N) is 2. The molecule has 20 heavy (non-hydrogen) atoms. The van der Waals surface area contributed by atoms with E-state index in [9.17, 15) is 10.2 Å². The second kappa shape index (κ2) is 6.73. The number of aliphatic hydroxyl groups excluding tert-OH is 2. The van der Waals surface area contributed by atoms with E-state index in [-0.39, 0.29) is 24.0 Å². The molecular weight excluding hydrogens is 252 g/mol. The topological polar surface area (TPSA) is 64.5 Å². The molecule has 0 aromatic rings. The third-order valence-corrected chi connectivity index (χ3v) is 5.79. The van der Waals surface area contributed by atoms with Gasteiger partial charge >= 0.3 is 0 Å². The lowest BCUT2D eigenvalue weighted by molar-refractivity contribution is 0.113. The van der Waals surface area contributed by atoms with Crippen LogP contribution < -0.4 is 10.6 Å². The molecule has 2 aliphatic rings. The molecule has 0 spiro atoms. The molecule has 4 N–H and O–H groups in total. The Labute approximate surface area is 123 Å². The Bertz CT molecular complexity index is 283. The molecule has 0 aromatic carbocycles. The van der Waals surface area contributed by atoms with Crippen molar-refractivity contribution in [2.24, 2.45) is 10.8 Å². The van der Waals surface area contributed by atoms with Gasteiger partial charge < -0.3 is 20.8 Å². The lowest BCUT2D eigenvalue weighted by atomic mass is 9.85. The molecule has 4 nitrogen and oxygen atoms in total. The van der Waals surface area contributed by atoms with Crippen molar-refractivity contribution in [3.63, 3.8) is 0 Å². The molecule has 2 fully saturated rings. The SMILES string of the molecule is C[C@@]1(CO)CCC[C@H]1NCCN[C@@H]1CCC[C@@]1(C)CO. The zero-order chi connectivity index (χ0) is 14.6. The van der Waals surface area contributed by atoms with Crippen LogP contribution in [0, 0.1) is 10.8 Å². The van der Waals surface area contributed by atoms with Crippen LogP contribution in [0.25, 0.3) is 0 Å². The van der Waals surface area contributed by atoms with Crippen molar-refractivity contribution in [2.75, 3.05) is 26.3 Å². The molecule has 2 aliphatic carbocycles. The molecule has 0 amide bonds. The molecule has 0 aromatic heterocycles. The Kier molecular flexibility index (Phi) is 5.46. The molecule has 0 radical (unpaired) electrons. The summed E-state index contributed by atoms with van der Waals surface area (Å²) in [7, 11) is 0. The average molecular weight is 284 g/mol. The third-order valence-electron chi connectivity index (χ3n) is 5.79. The highest BCUT2D eigenvalue weighted by molar-refractivity contribution is 4.95. The standard InChI is InChI=1S/C16H32N2O2/c1-15(11-19)7-3-5-13(15)17-9-10-18-14-6-4-8-16(14,2)12-20/h13-14,17-20H,3-12H2,1-2H3/t13-,14-,15+,16+/m1/s1. The van der Waals surface area contributed by atoms with Crippen LogP contribution in [0.15, 0.2) is 0 Å². The van der Waals surface area contributed by atoms with Crippen molar-refractivity contribution in [3.8, 4) is 0 Å².